The summed E-state index contributed by atoms with van der Waals surface area (Å²) >= 11 is 5.58. The number of ketones is 1. The van der Waals surface area contributed by atoms with Gasteiger partial charge in [-0.25, -0.2) is 4.39 Å². The number of carbonyl (C=O) groups excluding carboxylic acids is 1. The van der Waals surface area contributed by atoms with Gasteiger partial charge in [0.25, 0.3) is 0 Å². The van der Waals surface area contributed by atoms with Crippen molar-refractivity contribution in [1.82, 2.24) is 10.2 Å². The Morgan fingerprint density at radius 1 is 1.44 bits per heavy atom. The summed E-state index contributed by atoms with van der Waals surface area (Å²) in [6.45, 7) is 0. The normalized spacial score (nSPS) is 10.4. The summed E-state index contributed by atoms with van der Waals surface area (Å²) in [4.78, 5) is 11.8. The highest BCUT2D eigenvalue weighted by molar-refractivity contribution is 6.30. The molecule has 3 N–H and O–H groups in total. The summed E-state index contributed by atoms with van der Waals surface area (Å²) in [6, 6.07) is 3.83. The van der Waals surface area contributed by atoms with Crippen molar-refractivity contribution in [2.24, 2.45) is 0 Å². The van der Waals surface area contributed by atoms with Gasteiger partial charge in [0.15, 0.2) is 0 Å². The molecule has 6 heteroatoms. The quantitative estimate of drug-likeness (QED) is 0.788. The molecule has 0 aliphatic carbocycles. The van der Waals surface area contributed by atoms with Crippen molar-refractivity contribution in [1.29, 1.82) is 0 Å². The fraction of sp³-hybridized carbons (Fsp3) is 0. The van der Waals surface area contributed by atoms with Gasteiger partial charge in [0.2, 0.25) is 5.78 Å². The SMILES string of the molecule is Nc1[nH]ncc1C(=O)c1ccc(Cl)cc1F. The highest BCUT2D eigenvalue weighted by Gasteiger charge is 2.17. The van der Waals surface area contributed by atoms with Crippen LogP contribution in [0.5, 0.6) is 0 Å². The Labute approximate surface area is 95.2 Å². The summed E-state index contributed by atoms with van der Waals surface area (Å²) in [6.07, 6.45) is 1.26. The van der Waals surface area contributed by atoms with E-state index in [4.69, 9.17) is 17.3 Å². The minimum atomic E-state index is -0.682. The molecule has 0 saturated carbocycles. The summed E-state index contributed by atoms with van der Waals surface area (Å²) in [5, 5.41) is 6.24. The van der Waals surface area contributed by atoms with Crippen LogP contribution in [0.15, 0.2) is 24.4 Å². The van der Waals surface area contributed by atoms with E-state index in [2.05, 4.69) is 10.2 Å². The van der Waals surface area contributed by atoms with E-state index >= 15 is 0 Å². The van der Waals surface area contributed by atoms with E-state index in [9.17, 15) is 9.18 Å². The number of carbonyl (C=O) groups is 1. The Balaban J connectivity index is 2.46. The second-order valence-corrected chi connectivity index (χ2v) is 3.59. The number of nitrogen functional groups attached to an aromatic ring is 1. The molecule has 1 heterocycles. The van der Waals surface area contributed by atoms with Crippen LogP contribution in [-0.4, -0.2) is 16.0 Å². The molecule has 4 nitrogen and oxygen atoms in total. The highest BCUT2D eigenvalue weighted by Crippen LogP contribution is 2.19. The van der Waals surface area contributed by atoms with E-state index in [1.54, 1.807) is 0 Å². The average Bonchev–Trinajstić information content (AvgIpc) is 2.63. The molecule has 0 saturated heterocycles. The molecule has 2 rings (SSSR count). The van der Waals surface area contributed by atoms with Gasteiger partial charge in [0.05, 0.1) is 17.3 Å². The molecule has 0 radical (unpaired) electrons. The van der Waals surface area contributed by atoms with Crippen LogP contribution in [0.25, 0.3) is 0 Å². The van der Waals surface area contributed by atoms with E-state index in [0.717, 1.165) is 6.07 Å². The minimum absolute atomic E-state index is 0.0856. The van der Waals surface area contributed by atoms with Gasteiger partial charge in [0, 0.05) is 5.02 Å². The van der Waals surface area contributed by atoms with Crippen molar-refractivity contribution < 1.29 is 9.18 Å². The number of hydrogen-bond acceptors (Lipinski definition) is 3. The van der Waals surface area contributed by atoms with Gasteiger partial charge >= 0.3 is 0 Å². The van der Waals surface area contributed by atoms with Crippen LogP contribution < -0.4 is 5.73 Å². The minimum Gasteiger partial charge on any atom is -0.383 e. The Bertz CT molecular complexity index is 553. The lowest BCUT2D eigenvalue weighted by atomic mass is 10.1. The lowest BCUT2D eigenvalue weighted by molar-refractivity contribution is 0.103. The van der Waals surface area contributed by atoms with Crippen LogP contribution >= 0.6 is 11.6 Å². The maximum atomic E-state index is 13.4. The molecule has 0 unspecified atom stereocenters. The van der Waals surface area contributed by atoms with Crippen molar-refractivity contribution >= 4 is 23.2 Å². The van der Waals surface area contributed by atoms with E-state index in [1.165, 1.54) is 18.3 Å². The predicted molar refractivity (Wildman–Crippen MR) is 57.8 cm³/mol. The average molecular weight is 240 g/mol. The molecular weight excluding hydrogens is 233 g/mol. The molecule has 0 spiro atoms. The van der Waals surface area contributed by atoms with Gasteiger partial charge < -0.3 is 5.73 Å². The van der Waals surface area contributed by atoms with E-state index in [0.29, 0.717) is 0 Å². The zero-order valence-electron chi connectivity index (χ0n) is 8.00. The van der Waals surface area contributed by atoms with Crippen molar-refractivity contribution in [3.63, 3.8) is 0 Å². The molecular formula is C10H7ClFN3O. The number of nitrogens with one attached hydrogen (secondary N) is 1. The number of H-pyrrole nitrogens is 1. The van der Waals surface area contributed by atoms with Gasteiger partial charge in [-0.3, -0.25) is 9.89 Å². The maximum absolute atomic E-state index is 13.4. The fourth-order valence-corrected chi connectivity index (χ4v) is 1.45. The van der Waals surface area contributed by atoms with E-state index in [1.807, 2.05) is 0 Å². The second-order valence-electron chi connectivity index (χ2n) is 3.15. The number of aromatic nitrogens is 2. The van der Waals surface area contributed by atoms with Crippen LogP contribution in [0, 0.1) is 5.82 Å². The lowest BCUT2D eigenvalue weighted by Gasteiger charge is -2.01. The first-order valence-corrected chi connectivity index (χ1v) is 4.76. The van der Waals surface area contributed by atoms with Crippen LogP contribution in [0.2, 0.25) is 5.02 Å². The van der Waals surface area contributed by atoms with Crippen molar-refractivity contribution in [2.75, 3.05) is 5.73 Å². The fourth-order valence-electron chi connectivity index (χ4n) is 1.30. The molecule has 16 heavy (non-hydrogen) atoms. The van der Waals surface area contributed by atoms with Gasteiger partial charge in [-0.05, 0) is 18.2 Å². The molecule has 0 aliphatic heterocycles. The molecule has 1 aromatic carbocycles. The standard InChI is InChI=1S/C10H7ClFN3O/c11-5-1-2-6(8(12)3-5)9(16)7-4-14-15-10(7)13/h1-4H,(H3,13,14,15). The van der Waals surface area contributed by atoms with Crippen LogP contribution in [0.4, 0.5) is 10.2 Å². The van der Waals surface area contributed by atoms with Crippen LogP contribution in [0.1, 0.15) is 15.9 Å². The molecule has 82 valence electrons. The van der Waals surface area contributed by atoms with Gasteiger partial charge in [-0.2, -0.15) is 5.10 Å². The topological polar surface area (TPSA) is 71.8 Å². The van der Waals surface area contributed by atoms with E-state index < -0.39 is 11.6 Å². The Morgan fingerprint density at radius 3 is 2.75 bits per heavy atom. The Kier molecular flexibility index (Phi) is 2.62. The largest absolute Gasteiger partial charge is 0.383 e. The molecule has 0 amide bonds. The first kappa shape index (κ1) is 10.6. The number of benzene rings is 1. The number of nitrogens with two attached hydrogens (primary N) is 1. The number of anilines is 1. The molecule has 1 aromatic heterocycles. The van der Waals surface area contributed by atoms with Gasteiger partial charge in [-0.15, -0.1) is 0 Å². The summed E-state index contributed by atoms with van der Waals surface area (Å²) < 4.78 is 13.4. The molecule has 2 aromatic rings. The van der Waals surface area contributed by atoms with Crippen LogP contribution in [0.3, 0.4) is 0 Å². The van der Waals surface area contributed by atoms with E-state index in [-0.39, 0.29) is 22.0 Å². The first-order chi connectivity index (χ1) is 7.59. The number of halogens is 2. The molecule has 0 atom stereocenters. The highest BCUT2D eigenvalue weighted by atomic mass is 35.5. The zero-order chi connectivity index (χ0) is 11.7. The molecule has 0 bridgehead atoms. The number of hydrogen-bond donors (Lipinski definition) is 2. The third kappa shape index (κ3) is 1.77. The third-order valence-corrected chi connectivity index (χ3v) is 2.32. The predicted octanol–water partition coefficient (Wildman–Crippen LogP) is 2.02. The Morgan fingerprint density at radius 2 is 2.19 bits per heavy atom. The zero-order valence-corrected chi connectivity index (χ0v) is 8.75. The number of aromatic amines is 1. The van der Waals surface area contributed by atoms with Crippen molar-refractivity contribution in [2.45, 2.75) is 0 Å². The summed E-state index contributed by atoms with van der Waals surface area (Å²) in [7, 11) is 0. The molecule has 0 aliphatic rings. The monoisotopic (exact) mass is 239 g/mol. The number of nitrogens with zero attached hydrogens (tertiary/aromatic N) is 1. The summed E-state index contributed by atoms with van der Waals surface area (Å²) in [5.41, 5.74) is 5.53. The van der Waals surface area contributed by atoms with Crippen molar-refractivity contribution in [3.8, 4) is 0 Å². The van der Waals surface area contributed by atoms with Crippen molar-refractivity contribution in [3.05, 3.63) is 46.4 Å². The van der Waals surface area contributed by atoms with Crippen LogP contribution in [-0.2, 0) is 0 Å². The second kappa shape index (κ2) is 3.94. The first-order valence-electron chi connectivity index (χ1n) is 4.38. The maximum Gasteiger partial charge on any atom is 0.201 e. The molecule has 0 fully saturated rings. The smallest absolute Gasteiger partial charge is 0.201 e. The Hall–Kier alpha value is -1.88. The van der Waals surface area contributed by atoms with Gasteiger partial charge in [0.1, 0.15) is 11.6 Å². The van der Waals surface area contributed by atoms with Gasteiger partial charge in [-0.1, -0.05) is 11.6 Å². The summed E-state index contributed by atoms with van der Waals surface area (Å²) in [5.74, 6) is -1.10. The lowest BCUT2D eigenvalue weighted by Crippen LogP contribution is -2.05. The third-order valence-electron chi connectivity index (χ3n) is 2.09. The number of rotatable bonds is 2.